The molecule has 2 aromatic heterocycles. The Labute approximate surface area is 172 Å². The lowest BCUT2D eigenvalue weighted by atomic mass is 10.2. The molecule has 0 saturated heterocycles. The van der Waals surface area contributed by atoms with Crippen molar-refractivity contribution < 1.29 is 13.7 Å². The van der Waals surface area contributed by atoms with Gasteiger partial charge in [-0.25, -0.2) is 4.39 Å². The van der Waals surface area contributed by atoms with Crippen LogP contribution in [0.3, 0.4) is 0 Å². The van der Waals surface area contributed by atoms with Gasteiger partial charge in [0, 0.05) is 29.1 Å². The second kappa shape index (κ2) is 8.98. The largest absolute Gasteiger partial charge is 0.496 e. The average molecular weight is 409 g/mol. The first-order valence-electron chi connectivity index (χ1n) is 9.16. The molecule has 148 valence electrons. The number of ether oxygens (including phenoxy) is 1. The lowest BCUT2D eigenvalue weighted by Crippen LogP contribution is -2.22. The Morgan fingerprint density at radius 3 is 2.59 bits per heavy atom. The Morgan fingerprint density at radius 1 is 1.00 bits per heavy atom. The molecule has 0 aliphatic heterocycles. The van der Waals surface area contributed by atoms with Gasteiger partial charge in [0.05, 0.1) is 13.7 Å². The first-order valence-corrected chi connectivity index (χ1v) is 10.0. The van der Waals surface area contributed by atoms with Gasteiger partial charge in [-0.2, -0.15) is 4.98 Å². The smallest absolute Gasteiger partial charge is 0.241 e. The van der Waals surface area contributed by atoms with Gasteiger partial charge in [0.15, 0.2) is 0 Å². The Hall–Kier alpha value is -3.03. The number of aromatic nitrogens is 2. The summed E-state index contributed by atoms with van der Waals surface area (Å²) in [5.41, 5.74) is 1.81. The van der Waals surface area contributed by atoms with Crippen LogP contribution in [0.5, 0.6) is 5.75 Å². The molecule has 5 nitrogen and oxygen atoms in total. The van der Waals surface area contributed by atoms with Crippen molar-refractivity contribution in [2.45, 2.75) is 19.6 Å². The molecular weight excluding hydrogens is 389 g/mol. The molecule has 0 bridgehead atoms. The zero-order valence-electron chi connectivity index (χ0n) is 15.9. The molecule has 0 unspecified atom stereocenters. The predicted octanol–water partition coefficient (Wildman–Crippen LogP) is 5.15. The number of para-hydroxylation sites is 1. The minimum Gasteiger partial charge on any atom is -0.496 e. The monoisotopic (exact) mass is 409 g/mol. The van der Waals surface area contributed by atoms with Crippen LogP contribution in [0.2, 0.25) is 0 Å². The van der Waals surface area contributed by atoms with Gasteiger partial charge in [-0.15, -0.1) is 11.3 Å². The maximum atomic E-state index is 13.1. The Morgan fingerprint density at radius 2 is 1.83 bits per heavy atom. The van der Waals surface area contributed by atoms with Crippen LogP contribution in [-0.4, -0.2) is 22.2 Å². The van der Waals surface area contributed by atoms with Crippen molar-refractivity contribution in [1.29, 1.82) is 0 Å². The summed E-state index contributed by atoms with van der Waals surface area (Å²) in [6.45, 7) is 1.92. The van der Waals surface area contributed by atoms with E-state index in [0.29, 0.717) is 24.8 Å². The third-order valence-electron chi connectivity index (χ3n) is 4.48. The molecule has 0 radical (unpaired) electrons. The molecule has 7 heteroatoms. The molecule has 0 atom stereocenters. The number of methoxy groups -OCH3 is 1. The van der Waals surface area contributed by atoms with Gasteiger partial charge < -0.3 is 9.26 Å². The number of nitrogens with zero attached hydrogens (tertiary/aromatic N) is 3. The second-order valence-electron chi connectivity index (χ2n) is 6.55. The molecule has 2 aromatic carbocycles. The first-order chi connectivity index (χ1) is 14.2. The summed E-state index contributed by atoms with van der Waals surface area (Å²) in [5.74, 6) is 1.52. The Kier molecular flexibility index (Phi) is 5.97. The zero-order valence-corrected chi connectivity index (χ0v) is 16.7. The highest BCUT2D eigenvalue weighted by Crippen LogP contribution is 2.23. The van der Waals surface area contributed by atoms with E-state index >= 15 is 0 Å². The van der Waals surface area contributed by atoms with Gasteiger partial charge in [-0.3, -0.25) is 4.90 Å². The summed E-state index contributed by atoms with van der Waals surface area (Å²) >= 11 is 1.71. The van der Waals surface area contributed by atoms with Crippen LogP contribution in [0, 0.1) is 5.82 Å². The lowest BCUT2D eigenvalue weighted by molar-refractivity contribution is 0.210. The van der Waals surface area contributed by atoms with E-state index in [1.165, 1.54) is 17.0 Å². The van der Waals surface area contributed by atoms with Crippen molar-refractivity contribution in [1.82, 2.24) is 15.0 Å². The zero-order chi connectivity index (χ0) is 20.1. The summed E-state index contributed by atoms with van der Waals surface area (Å²) in [6, 6.07) is 18.2. The summed E-state index contributed by atoms with van der Waals surface area (Å²) in [6.07, 6.45) is 0. The van der Waals surface area contributed by atoms with E-state index in [9.17, 15) is 4.39 Å². The van der Waals surface area contributed by atoms with Crippen molar-refractivity contribution in [3.8, 4) is 17.1 Å². The third-order valence-corrected chi connectivity index (χ3v) is 5.34. The fourth-order valence-electron chi connectivity index (χ4n) is 3.09. The summed E-state index contributed by atoms with van der Waals surface area (Å²) in [4.78, 5) is 7.97. The van der Waals surface area contributed by atoms with Gasteiger partial charge >= 0.3 is 0 Å². The highest BCUT2D eigenvalue weighted by molar-refractivity contribution is 7.09. The third kappa shape index (κ3) is 4.88. The van der Waals surface area contributed by atoms with E-state index in [4.69, 9.17) is 9.26 Å². The topological polar surface area (TPSA) is 51.4 Å². The molecule has 0 fully saturated rings. The van der Waals surface area contributed by atoms with E-state index in [2.05, 4.69) is 32.6 Å². The molecule has 0 aliphatic rings. The van der Waals surface area contributed by atoms with Gasteiger partial charge in [0.1, 0.15) is 11.6 Å². The van der Waals surface area contributed by atoms with Gasteiger partial charge in [0.2, 0.25) is 11.7 Å². The van der Waals surface area contributed by atoms with Crippen LogP contribution >= 0.6 is 11.3 Å². The van der Waals surface area contributed by atoms with E-state index in [-0.39, 0.29) is 5.82 Å². The van der Waals surface area contributed by atoms with Crippen molar-refractivity contribution in [2.24, 2.45) is 0 Å². The second-order valence-corrected chi connectivity index (χ2v) is 7.59. The normalized spacial score (nSPS) is 11.1. The van der Waals surface area contributed by atoms with Crippen molar-refractivity contribution >= 4 is 11.3 Å². The van der Waals surface area contributed by atoms with Gasteiger partial charge in [-0.1, -0.05) is 29.4 Å². The fraction of sp³-hybridized carbons (Fsp3) is 0.182. The van der Waals surface area contributed by atoms with E-state index in [1.54, 1.807) is 30.6 Å². The van der Waals surface area contributed by atoms with E-state index in [1.807, 2.05) is 24.3 Å². The number of thiophene rings is 1. The Bertz CT molecular complexity index is 1050. The number of hydrogen-bond acceptors (Lipinski definition) is 6. The van der Waals surface area contributed by atoms with E-state index < -0.39 is 0 Å². The maximum absolute atomic E-state index is 13.1. The SMILES string of the molecule is COc1ccccc1CN(Cc1nc(-c2ccc(F)cc2)no1)Cc1cccs1. The van der Waals surface area contributed by atoms with Crippen molar-refractivity contribution in [3.05, 3.63) is 88.2 Å². The molecular formula is C22H20FN3O2S. The van der Waals surface area contributed by atoms with Crippen LogP contribution < -0.4 is 4.74 Å². The van der Waals surface area contributed by atoms with E-state index in [0.717, 1.165) is 23.4 Å². The number of halogens is 1. The minimum atomic E-state index is -0.295. The summed E-state index contributed by atoms with van der Waals surface area (Å²) in [5, 5.41) is 6.12. The standard InChI is InChI=1S/C22H20FN3O2S/c1-27-20-7-3-2-5-17(20)13-26(14-19-6-4-12-29-19)15-21-24-22(25-28-21)16-8-10-18(23)11-9-16/h2-12H,13-15H2,1H3. The molecule has 2 heterocycles. The molecule has 4 rings (SSSR count). The van der Waals surface area contributed by atoms with Crippen molar-refractivity contribution in [3.63, 3.8) is 0 Å². The molecule has 29 heavy (non-hydrogen) atoms. The van der Waals surface area contributed by atoms with Crippen LogP contribution in [0.1, 0.15) is 16.3 Å². The molecule has 0 aliphatic carbocycles. The average Bonchev–Trinajstić information content (AvgIpc) is 3.41. The first kappa shape index (κ1) is 19.3. The van der Waals surface area contributed by atoms with Gasteiger partial charge in [0.25, 0.3) is 0 Å². The lowest BCUT2D eigenvalue weighted by Gasteiger charge is -2.21. The molecule has 4 aromatic rings. The van der Waals surface area contributed by atoms with Crippen LogP contribution in [0.25, 0.3) is 11.4 Å². The molecule has 0 amide bonds. The quantitative estimate of drug-likeness (QED) is 0.403. The number of rotatable bonds is 8. The fourth-order valence-corrected chi connectivity index (χ4v) is 3.84. The van der Waals surface area contributed by atoms with Gasteiger partial charge in [-0.05, 0) is 41.8 Å². The van der Waals surface area contributed by atoms with Crippen LogP contribution in [0.15, 0.2) is 70.6 Å². The predicted molar refractivity (Wildman–Crippen MR) is 110 cm³/mol. The number of hydrogen-bond donors (Lipinski definition) is 0. The minimum absolute atomic E-state index is 0.295. The maximum Gasteiger partial charge on any atom is 0.241 e. The summed E-state index contributed by atoms with van der Waals surface area (Å²) in [7, 11) is 1.68. The summed E-state index contributed by atoms with van der Waals surface area (Å²) < 4.78 is 24.1. The Balaban J connectivity index is 1.54. The molecule has 0 spiro atoms. The highest BCUT2D eigenvalue weighted by Gasteiger charge is 2.16. The number of benzene rings is 2. The molecule has 0 saturated carbocycles. The van der Waals surface area contributed by atoms with Crippen molar-refractivity contribution in [2.75, 3.05) is 7.11 Å². The highest BCUT2D eigenvalue weighted by atomic mass is 32.1. The molecule has 0 N–H and O–H groups in total. The van der Waals surface area contributed by atoms with Crippen LogP contribution in [-0.2, 0) is 19.6 Å². The van der Waals surface area contributed by atoms with Crippen LogP contribution in [0.4, 0.5) is 4.39 Å².